The number of urea groups is 1. The van der Waals surface area contributed by atoms with Crippen LogP contribution in [0.25, 0.3) is 0 Å². The van der Waals surface area contributed by atoms with Gasteiger partial charge in [0.2, 0.25) is 0 Å². The van der Waals surface area contributed by atoms with Gasteiger partial charge in [0.1, 0.15) is 0 Å². The highest BCUT2D eigenvalue weighted by molar-refractivity contribution is 6.30. The molecule has 2 aromatic carbocycles. The first-order valence-electron chi connectivity index (χ1n) is 11.6. The second kappa shape index (κ2) is 12.1. The van der Waals surface area contributed by atoms with Crippen LogP contribution in [0, 0.1) is 12.3 Å². The first-order chi connectivity index (χ1) is 14.7. The van der Waals surface area contributed by atoms with E-state index in [1.165, 1.54) is 24.0 Å². The Morgan fingerprint density at radius 2 is 1.68 bits per heavy atom. The SMILES string of the molecule is CCCCc1ccc(CN(CCCCC(C)(C)C)C(=O)Nc2ccc(Cl)cc2C)cc1. The minimum Gasteiger partial charge on any atom is -0.320 e. The lowest BCUT2D eigenvalue weighted by atomic mass is 9.90. The summed E-state index contributed by atoms with van der Waals surface area (Å²) in [6, 6.07) is 14.2. The zero-order valence-electron chi connectivity index (χ0n) is 19.9. The van der Waals surface area contributed by atoms with E-state index >= 15 is 0 Å². The van der Waals surface area contributed by atoms with E-state index in [0.29, 0.717) is 17.0 Å². The van der Waals surface area contributed by atoms with Crippen molar-refractivity contribution in [3.8, 4) is 0 Å². The van der Waals surface area contributed by atoms with Crippen LogP contribution in [0.5, 0.6) is 0 Å². The van der Waals surface area contributed by atoms with Crippen molar-refractivity contribution in [3.05, 3.63) is 64.2 Å². The van der Waals surface area contributed by atoms with Gasteiger partial charge in [-0.2, -0.15) is 0 Å². The van der Waals surface area contributed by atoms with Crippen LogP contribution < -0.4 is 5.32 Å². The maximum Gasteiger partial charge on any atom is 0.322 e. The number of carbonyl (C=O) groups excluding carboxylic acids is 1. The number of hydrogen-bond donors (Lipinski definition) is 1. The minimum atomic E-state index is -0.0590. The Morgan fingerprint density at radius 1 is 1.00 bits per heavy atom. The number of benzene rings is 2. The summed E-state index contributed by atoms with van der Waals surface area (Å²) in [6.07, 6.45) is 6.80. The molecule has 0 heterocycles. The maximum absolute atomic E-state index is 13.1. The first-order valence-corrected chi connectivity index (χ1v) is 12.0. The Bertz CT molecular complexity index is 824. The summed E-state index contributed by atoms with van der Waals surface area (Å²) in [7, 11) is 0. The molecule has 0 aromatic heterocycles. The van der Waals surface area contributed by atoms with E-state index in [-0.39, 0.29) is 6.03 Å². The molecule has 2 rings (SSSR count). The fraction of sp³-hybridized carbons (Fsp3) is 0.519. The van der Waals surface area contributed by atoms with Crippen LogP contribution in [0.3, 0.4) is 0 Å². The molecule has 0 bridgehead atoms. The zero-order chi connectivity index (χ0) is 22.9. The van der Waals surface area contributed by atoms with Crippen molar-refractivity contribution < 1.29 is 4.79 Å². The highest BCUT2D eigenvalue weighted by atomic mass is 35.5. The number of rotatable bonds is 10. The predicted octanol–water partition coefficient (Wildman–Crippen LogP) is 8.24. The van der Waals surface area contributed by atoms with Gasteiger partial charge in [0.05, 0.1) is 0 Å². The van der Waals surface area contributed by atoms with Gasteiger partial charge < -0.3 is 10.2 Å². The highest BCUT2D eigenvalue weighted by Crippen LogP contribution is 2.23. The number of unbranched alkanes of at least 4 members (excludes halogenated alkanes) is 2. The summed E-state index contributed by atoms with van der Waals surface area (Å²) >= 11 is 6.07. The third-order valence-electron chi connectivity index (χ3n) is 5.54. The van der Waals surface area contributed by atoms with Crippen molar-refractivity contribution in [3.63, 3.8) is 0 Å². The van der Waals surface area contributed by atoms with Gasteiger partial charge in [-0.05, 0) is 72.9 Å². The van der Waals surface area contributed by atoms with Crippen molar-refractivity contribution in [2.24, 2.45) is 5.41 Å². The van der Waals surface area contributed by atoms with Gasteiger partial charge in [0.25, 0.3) is 0 Å². The van der Waals surface area contributed by atoms with E-state index in [4.69, 9.17) is 11.6 Å². The number of nitrogens with one attached hydrogen (secondary N) is 1. The average molecular weight is 443 g/mol. The summed E-state index contributed by atoms with van der Waals surface area (Å²) < 4.78 is 0. The molecule has 0 aliphatic heterocycles. The van der Waals surface area contributed by atoms with Crippen LogP contribution in [-0.4, -0.2) is 17.5 Å². The fourth-order valence-corrected chi connectivity index (χ4v) is 3.81. The third kappa shape index (κ3) is 9.35. The smallest absolute Gasteiger partial charge is 0.320 e. The van der Waals surface area contributed by atoms with Crippen LogP contribution in [-0.2, 0) is 13.0 Å². The number of hydrogen-bond acceptors (Lipinski definition) is 1. The monoisotopic (exact) mass is 442 g/mol. The number of nitrogens with zero attached hydrogens (tertiary/aromatic N) is 1. The molecule has 31 heavy (non-hydrogen) atoms. The van der Waals surface area contributed by atoms with E-state index in [9.17, 15) is 4.79 Å². The van der Waals surface area contributed by atoms with Crippen molar-refractivity contribution in [2.45, 2.75) is 79.7 Å². The molecular formula is C27H39ClN2O. The van der Waals surface area contributed by atoms with E-state index in [0.717, 1.165) is 43.5 Å². The molecule has 0 atom stereocenters. The normalized spacial score (nSPS) is 11.4. The molecule has 0 fully saturated rings. The Hall–Kier alpha value is -2.00. The molecule has 0 aliphatic carbocycles. The van der Waals surface area contributed by atoms with Crippen LogP contribution >= 0.6 is 11.6 Å². The average Bonchev–Trinajstić information content (AvgIpc) is 2.71. The maximum atomic E-state index is 13.1. The van der Waals surface area contributed by atoms with Crippen LogP contribution in [0.15, 0.2) is 42.5 Å². The molecule has 0 saturated carbocycles. The van der Waals surface area contributed by atoms with Crippen LogP contribution in [0.1, 0.15) is 76.5 Å². The van der Waals surface area contributed by atoms with Gasteiger partial charge in [0, 0.05) is 23.8 Å². The molecule has 2 aromatic rings. The van der Waals surface area contributed by atoms with E-state index in [1.54, 1.807) is 0 Å². The topological polar surface area (TPSA) is 32.3 Å². The van der Waals surface area contributed by atoms with Gasteiger partial charge >= 0.3 is 6.03 Å². The van der Waals surface area contributed by atoms with Gasteiger partial charge in [-0.25, -0.2) is 4.79 Å². The van der Waals surface area contributed by atoms with Crippen molar-refractivity contribution in [1.82, 2.24) is 4.90 Å². The molecule has 0 spiro atoms. The van der Waals surface area contributed by atoms with Gasteiger partial charge in [-0.15, -0.1) is 0 Å². The first kappa shape index (κ1) is 25.3. The summed E-state index contributed by atoms with van der Waals surface area (Å²) in [5.41, 5.74) is 4.63. The highest BCUT2D eigenvalue weighted by Gasteiger charge is 2.16. The van der Waals surface area contributed by atoms with Gasteiger partial charge in [-0.1, -0.05) is 76.4 Å². The number of amides is 2. The predicted molar refractivity (Wildman–Crippen MR) is 134 cm³/mol. The van der Waals surface area contributed by atoms with E-state index in [2.05, 4.69) is 57.3 Å². The van der Waals surface area contributed by atoms with Gasteiger partial charge in [-0.3, -0.25) is 0 Å². The van der Waals surface area contributed by atoms with Crippen LogP contribution in [0.2, 0.25) is 5.02 Å². The number of halogens is 1. The molecule has 0 radical (unpaired) electrons. The van der Waals surface area contributed by atoms with E-state index in [1.807, 2.05) is 30.0 Å². The number of anilines is 1. The molecule has 3 nitrogen and oxygen atoms in total. The van der Waals surface area contributed by atoms with Crippen molar-refractivity contribution >= 4 is 23.3 Å². The Balaban J connectivity index is 2.06. The zero-order valence-corrected chi connectivity index (χ0v) is 20.7. The molecule has 1 N–H and O–H groups in total. The molecule has 0 saturated heterocycles. The molecule has 2 amide bonds. The van der Waals surface area contributed by atoms with Crippen LogP contribution in [0.4, 0.5) is 10.5 Å². The Kier molecular flexibility index (Phi) is 9.90. The molecule has 0 unspecified atom stereocenters. The third-order valence-corrected chi connectivity index (χ3v) is 5.77. The minimum absolute atomic E-state index is 0.0590. The second-order valence-electron chi connectivity index (χ2n) is 9.75. The Labute approximate surface area is 194 Å². The van der Waals surface area contributed by atoms with Crippen molar-refractivity contribution in [2.75, 3.05) is 11.9 Å². The van der Waals surface area contributed by atoms with E-state index < -0.39 is 0 Å². The lowest BCUT2D eigenvalue weighted by Gasteiger charge is -2.25. The lowest BCUT2D eigenvalue weighted by Crippen LogP contribution is -2.35. The lowest BCUT2D eigenvalue weighted by molar-refractivity contribution is 0.206. The quantitative estimate of drug-likeness (QED) is 0.369. The largest absolute Gasteiger partial charge is 0.322 e. The number of aryl methyl sites for hydroxylation is 2. The summed E-state index contributed by atoms with van der Waals surface area (Å²) in [5.74, 6) is 0. The summed E-state index contributed by atoms with van der Waals surface area (Å²) in [4.78, 5) is 15.1. The summed E-state index contributed by atoms with van der Waals surface area (Å²) in [5, 5.41) is 3.76. The Morgan fingerprint density at radius 3 is 2.29 bits per heavy atom. The molecule has 4 heteroatoms. The summed E-state index contributed by atoms with van der Waals surface area (Å²) in [6.45, 7) is 12.3. The molecule has 170 valence electrons. The van der Waals surface area contributed by atoms with Crippen molar-refractivity contribution in [1.29, 1.82) is 0 Å². The molecule has 0 aliphatic rings. The second-order valence-corrected chi connectivity index (χ2v) is 10.2. The standard InChI is InChI=1S/C27H39ClN2O/c1-6-7-10-22-11-13-23(14-12-22)20-30(18-9-8-17-27(3,4)5)26(31)29-25-16-15-24(28)19-21(25)2/h11-16,19H,6-10,17-18,20H2,1-5H3,(H,29,31). The molecular weight excluding hydrogens is 404 g/mol. The fourth-order valence-electron chi connectivity index (χ4n) is 3.58. The van der Waals surface area contributed by atoms with Gasteiger partial charge in [0.15, 0.2) is 0 Å². The number of carbonyl (C=O) groups is 1.